The topological polar surface area (TPSA) is 65.3 Å². The number of hydrogen-bond acceptors (Lipinski definition) is 4. The van der Waals surface area contributed by atoms with Crippen LogP contribution in [0.3, 0.4) is 0 Å². The van der Waals surface area contributed by atoms with E-state index in [1.165, 1.54) is 18.2 Å². The first-order chi connectivity index (χ1) is 9.40. The fourth-order valence-electron chi connectivity index (χ4n) is 1.45. The summed E-state index contributed by atoms with van der Waals surface area (Å²) in [5.74, 6) is 0.121. The van der Waals surface area contributed by atoms with Crippen molar-refractivity contribution < 1.29 is 14.1 Å². The van der Waals surface area contributed by atoms with Gasteiger partial charge < -0.3 is 4.74 Å². The Morgan fingerprint density at radius 3 is 2.70 bits per heavy atom. The quantitative estimate of drug-likeness (QED) is 0.545. The lowest BCUT2D eigenvalue weighted by Gasteiger charge is -2.09. The third-order valence-electron chi connectivity index (χ3n) is 2.51. The maximum atomic E-state index is 13.1. The molecular formula is C12H7Br2FN2O3. The molecule has 0 saturated heterocycles. The number of aromatic nitrogens is 1. The van der Waals surface area contributed by atoms with Crippen molar-refractivity contribution in [3.05, 3.63) is 54.8 Å². The number of ether oxygens (including phenoxy) is 1. The van der Waals surface area contributed by atoms with Crippen LogP contribution in [0.25, 0.3) is 0 Å². The second-order valence-corrected chi connectivity index (χ2v) is 5.47. The molecular weight excluding hydrogens is 399 g/mol. The highest BCUT2D eigenvalue weighted by Gasteiger charge is 2.18. The first-order valence-electron chi connectivity index (χ1n) is 5.32. The normalized spacial score (nSPS) is 10.4. The number of nitro groups is 1. The van der Waals surface area contributed by atoms with E-state index >= 15 is 0 Å². The van der Waals surface area contributed by atoms with Gasteiger partial charge in [-0.3, -0.25) is 10.1 Å². The summed E-state index contributed by atoms with van der Waals surface area (Å²) in [5.41, 5.74) is 0.297. The zero-order chi connectivity index (χ0) is 14.9. The molecule has 2 aromatic rings. The van der Waals surface area contributed by atoms with Crippen molar-refractivity contribution in [1.29, 1.82) is 0 Å². The van der Waals surface area contributed by atoms with Gasteiger partial charge >= 0.3 is 0 Å². The van der Waals surface area contributed by atoms with E-state index in [4.69, 9.17) is 4.74 Å². The van der Waals surface area contributed by atoms with E-state index in [0.717, 1.165) is 6.20 Å². The molecule has 5 nitrogen and oxygen atoms in total. The third-order valence-corrected chi connectivity index (χ3v) is 4.05. The molecule has 0 radical (unpaired) electrons. The largest absolute Gasteiger partial charge is 0.438 e. The summed E-state index contributed by atoms with van der Waals surface area (Å²) in [6.45, 7) is 1.58. The summed E-state index contributed by atoms with van der Waals surface area (Å²) in [7, 11) is 0. The van der Waals surface area contributed by atoms with Gasteiger partial charge in [-0.2, -0.15) is 0 Å². The number of hydrogen-bond donors (Lipinski definition) is 0. The summed E-state index contributed by atoms with van der Waals surface area (Å²) >= 11 is 6.26. The number of halogens is 3. The number of rotatable bonds is 3. The number of benzene rings is 1. The van der Waals surface area contributed by atoms with Crippen LogP contribution in [-0.4, -0.2) is 9.91 Å². The van der Waals surface area contributed by atoms with Crippen LogP contribution in [0.2, 0.25) is 0 Å². The fourth-order valence-corrected chi connectivity index (χ4v) is 2.20. The van der Waals surface area contributed by atoms with Crippen molar-refractivity contribution in [3.63, 3.8) is 0 Å². The average Bonchev–Trinajstić information content (AvgIpc) is 2.39. The van der Waals surface area contributed by atoms with Gasteiger partial charge in [0.1, 0.15) is 17.8 Å². The highest BCUT2D eigenvalue weighted by molar-refractivity contribution is 9.10. The van der Waals surface area contributed by atoms with Crippen molar-refractivity contribution in [2.45, 2.75) is 6.92 Å². The van der Waals surface area contributed by atoms with Gasteiger partial charge in [-0.05, 0) is 57.0 Å². The van der Waals surface area contributed by atoms with Crippen LogP contribution >= 0.6 is 31.9 Å². The summed E-state index contributed by atoms with van der Waals surface area (Å²) in [6.07, 6.45) is 1.12. The molecule has 0 atom stereocenters. The van der Waals surface area contributed by atoms with Crippen molar-refractivity contribution in [2.75, 3.05) is 0 Å². The summed E-state index contributed by atoms with van der Waals surface area (Å²) in [5, 5.41) is 10.8. The standard InChI is InChI=1S/C12H7Br2FN2O3/c1-6-10(17(18)19)5-16-12(11(6)14)20-7-2-3-9(15)8(13)4-7/h2-5H,1H3. The molecule has 1 heterocycles. The van der Waals surface area contributed by atoms with Gasteiger partial charge in [0.2, 0.25) is 5.88 Å². The molecule has 0 aliphatic carbocycles. The predicted octanol–water partition coefficient (Wildman–Crippen LogP) is 4.75. The second kappa shape index (κ2) is 5.84. The monoisotopic (exact) mass is 404 g/mol. The van der Waals surface area contributed by atoms with Gasteiger partial charge in [0, 0.05) is 5.56 Å². The molecule has 0 spiro atoms. The lowest BCUT2D eigenvalue weighted by Crippen LogP contribution is -1.97. The summed E-state index contributed by atoms with van der Waals surface area (Å²) in [6, 6.07) is 4.12. The van der Waals surface area contributed by atoms with E-state index in [2.05, 4.69) is 36.8 Å². The van der Waals surface area contributed by atoms with Crippen LogP contribution in [0, 0.1) is 22.9 Å². The van der Waals surface area contributed by atoms with Crippen LogP contribution in [0.5, 0.6) is 11.6 Å². The maximum Gasteiger partial charge on any atom is 0.291 e. The smallest absolute Gasteiger partial charge is 0.291 e. The zero-order valence-electron chi connectivity index (χ0n) is 10.1. The molecule has 0 bridgehead atoms. The summed E-state index contributed by atoms with van der Waals surface area (Å²) in [4.78, 5) is 14.1. The van der Waals surface area contributed by atoms with Gasteiger partial charge in [0.05, 0.1) is 13.9 Å². The first kappa shape index (κ1) is 14.9. The predicted molar refractivity (Wildman–Crippen MR) is 77.5 cm³/mol. The van der Waals surface area contributed by atoms with E-state index < -0.39 is 10.7 Å². The van der Waals surface area contributed by atoms with Crippen LogP contribution in [0.1, 0.15) is 5.56 Å². The molecule has 1 aromatic heterocycles. The Labute approximate surface area is 130 Å². The van der Waals surface area contributed by atoms with Gasteiger partial charge in [-0.25, -0.2) is 9.37 Å². The molecule has 20 heavy (non-hydrogen) atoms. The average molecular weight is 406 g/mol. The molecule has 1 aromatic carbocycles. The van der Waals surface area contributed by atoms with Crippen molar-refractivity contribution in [3.8, 4) is 11.6 Å². The Kier molecular flexibility index (Phi) is 4.34. The molecule has 104 valence electrons. The fraction of sp³-hybridized carbons (Fsp3) is 0.0833. The molecule has 0 amide bonds. The highest BCUT2D eigenvalue weighted by atomic mass is 79.9. The molecule has 0 aliphatic heterocycles. The highest BCUT2D eigenvalue weighted by Crippen LogP contribution is 2.35. The van der Waals surface area contributed by atoms with Gasteiger partial charge in [0.25, 0.3) is 5.69 Å². The Hall–Kier alpha value is -1.54. The molecule has 2 rings (SSSR count). The molecule has 0 unspecified atom stereocenters. The Bertz CT molecular complexity index is 695. The minimum atomic E-state index is -0.522. The molecule has 8 heteroatoms. The van der Waals surface area contributed by atoms with Crippen LogP contribution in [-0.2, 0) is 0 Å². The molecule has 0 aliphatic rings. The van der Waals surface area contributed by atoms with E-state index in [-0.39, 0.29) is 16.0 Å². The number of pyridine rings is 1. The van der Waals surface area contributed by atoms with Gasteiger partial charge in [-0.15, -0.1) is 0 Å². The minimum absolute atomic E-state index is 0.107. The Balaban J connectivity index is 2.37. The van der Waals surface area contributed by atoms with Gasteiger partial charge in [-0.1, -0.05) is 0 Å². The van der Waals surface area contributed by atoms with Crippen molar-refractivity contribution in [2.24, 2.45) is 0 Å². The second-order valence-electron chi connectivity index (χ2n) is 3.82. The Morgan fingerprint density at radius 2 is 2.10 bits per heavy atom. The molecule has 0 fully saturated rings. The minimum Gasteiger partial charge on any atom is -0.438 e. The Morgan fingerprint density at radius 1 is 1.40 bits per heavy atom. The van der Waals surface area contributed by atoms with Gasteiger partial charge in [0.15, 0.2) is 0 Å². The lowest BCUT2D eigenvalue weighted by atomic mass is 10.2. The van der Waals surface area contributed by atoms with Crippen LogP contribution < -0.4 is 4.74 Å². The first-order valence-corrected chi connectivity index (χ1v) is 6.91. The van der Waals surface area contributed by atoms with E-state index in [1.54, 1.807) is 6.92 Å². The molecule has 0 saturated carbocycles. The third kappa shape index (κ3) is 2.96. The SMILES string of the molecule is Cc1c([N+](=O)[O-])cnc(Oc2ccc(F)c(Br)c2)c1Br. The van der Waals surface area contributed by atoms with E-state index in [0.29, 0.717) is 15.8 Å². The van der Waals surface area contributed by atoms with E-state index in [1.807, 2.05) is 0 Å². The van der Waals surface area contributed by atoms with Crippen molar-refractivity contribution in [1.82, 2.24) is 4.98 Å². The number of nitrogens with zero attached hydrogens (tertiary/aromatic N) is 2. The van der Waals surface area contributed by atoms with Crippen LogP contribution in [0.4, 0.5) is 10.1 Å². The molecule has 0 N–H and O–H groups in total. The van der Waals surface area contributed by atoms with Crippen molar-refractivity contribution >= 4 is 37.5 Å². The lowest BCUT2D eigenvalue weighted by molar-refractivity contribution is -0.385. The zero-order valence-corrected chi connectivity index (χ0v) is 13.2. The maximum absolute atomic E-state index is 13.1. The summed E-state index contributed by atoms with van der Waals surface area (Å²) < 4.78 is 19.2. The van der Waals surface area contributed by atoms with E-state index in [9.17, 15) is 14.5 Å². The van der Waals surface area contributed by atoms with Crippen LogP contribution in [0.15, 0.2) is 33.3 Å².